The summed E-state index contributed by atoms with van der Waals surface area (Å²) < 4.78 is 0. The first-order valence-corrected chi connectivity index (χ1v) is 10.9. The van der Waals surface area contributed by atoms with Gasteiger partial charge in [-0.15, -0.1) is 0 Å². The molecule has 2 aromatic rings. The van der Waals surface area contributed by atoms with Crippen LogP contribution in [0.5, 0.6) is 0 Å². The molecule has 0 spiro atoms. The summed E-state index contributed by atoms with van der Waals surface area (Å²) in [5, 5.41) is 16.7. The van der Waals surface area contributed by atoms with Gasteiger partial charge in [-0.05, 0) is 46.5 Å². The highest BCUT2D eigenvalue weighted by molar-refractivity contribution is 7.07. The second kappa shape index (κ2) is 9.05. The quantitative estimate of drug-likeness (QED) is 0.749. The van der Waals surface area contributed by atoms with Crippen LogP contribution in [0.2, 0.25) is 0 Å². The van der Waals surface area contributed by atoms with Crippen LogP contribution in [0.1, 0.15) is 17.5 Å². The topological polar surface area (TPSA) is 59.1 Å². The maximum atomic E-state index is 11.8. The third kappa shape index (κ3) is 4.55. The van der Waals surface area contributed by atoms with Crippen molar-refractivity contribution in [2.24, 2.45) is 0 Å². The number of carbonyl (C=O) groups is 1. The minimum Gasteiger partial charge on any atom is -0.396 e. The van der Waals surface area contributed by atoms with E-state index in [0.717, 1.165) is 51.4 Å². The number of benzene rings is 1. The van der Waals surface area contributed by atoms with Crippen LogP contribution in [-0.2, 0) is 13.1 Å². The summed E-state index contributed by atoms with van der Waals surface area (Å²) in [5.41, 5.74) is 3.58. The number of urea groups is 1. The van der Waals surface area contributed by atoms with Gasteiger partial charge in [-0.2, -0.15) is 11.3 Å². The van der Waals surface area contributed by atoms with Gasteiger partial charge in [-0.25, -0.2) is 4.79 Å². The summed E-state index contributed by atoms with van der Waals surface area (Å²) in [7, 11) is 0. The highest BCUT2D eigenvalue weighted by Gasteiger charge is 2.27. The molecule has 1 atom stereocenters. The molecule has 1 aromatic carbocycles. The Morgan fingerprint density at radius 3 is 2.61 bits per heavy atom. The third-order valence-electron chi connectivity index (χ3n) is 5.63. The summed E-state index contributed by atoms with van der Waals surface area (Å²) >= 11 is 1.74. The first-order valence-electron chi connectivity index (χ1n) is 9.95. The van der Waals surface area contributed by atoms with Crippen LogP contribution in [0.15, 0.2) is 41.1 Å². The number of rotatable bonds is 7. The molecular formula is C21H28N4O2S. The number of carbonyl (C=O) groups excluding carboxylic acids is 1. The van der Waals surface area contributed by atoms with Crippen molar-refractivity contribution in [3.05, 3.63) is 52.2 Å². The number of aliphatic hydroxyl groups is 1. The molecule has 150 valence electrons. The van der Waals surface area contributed by atoms with E-state index in [1.807, 2.05) is 12.1 Å². The number of hydrogen-bond donors (Lipinski definition) is 2. The number of thiophene rings is 1. The lowest BCUT2D eigenvalue weighted by Crippen LogP contribution is -2.52. The zero-order valence-corrected chi connectivity index (χ0v) is 16.9. The molecule has 2 amide bonds. The van der Waals surface area contributed by atoms with Crippen LogP contribution in [0.25, 0.3) is 0 Å². The van der Waals surface area contributed by atoms with Gasteiger partial charge in [0.05, 0.1) is 0 Å². The van der Waals surface area contributed by atoms with Crippen LogP contribution >= 0.6 is 11.3 Å². The molecule has 7 heteroatoms. The Bertz CT molecular complexity index is 765. The van der Waals surface area contributed by atoms with Crippen LogP contribution in [0, 0.1) is 0 Å². The van der Waals surface area contributed by atoms with Crippen molar-refractivity contribution in [3.8, 4) is 0 Å². The van der Waals surface area contributed by atoms with Gasteiger partial charge in [0.25, 0.3) is 0 Å². The Kier molecular flexibility index (Phi) is 6.26. The lowest BCUT2D eigenvalue weighted by atomic mass is 10.1. The number of amides is 2. The van der Waals surface area contributed by atoms with E-state index >= 15 is 0 Å². The van der Waals surface area contributed by atoms with E-state index in [0.29, 0.717) is 12.6 Å². The van der Waals surface area contributed by atoms with E-state index in [2.05, 4.69) is 44.1 Å². The number of nitrogens with zero attached hydrogens (tertiary/aromatic N) is 3. The second-order valence-electron chi connectivity index (χ2n) is 7.55. The molecule has 2 fully saturated rings. The smallest absolute Gasteiger partial charge is 0.321 e. The highest BCUT2D eigenvalue weighted by atomic mass is 32.1. The van der Waals surface area contributed by atoms with Gasteiger partial charge >= 0.3 is 6.03 Å². The minimum absolute atomic E-state index is 0.0126. The standard InChI is InChI=1S/C21H28N4O2S/c26-11-5-20-15-23(9-10-24(20)14-18-6-12-28-16-18)13-17-1-3-19(4-2-17)25-8-7-22-21(25)27/h1-4,6,12,16,20,26H,5,7-11,13-15H2,(H,22,27). The molecule has 0 saturated carbocycles. The Morgan fingerprint density at radius 2 is 1.93 bits per heavy atom. The van der Waals surface area contributed by atoms with Gasteiger partial charge < -0.3 is 10.4 Å². The average molecular weight is 401 g/mol. The van der Waals surface area contributed by atoms with Crippen LogP contribution in [0.4, 0.5) is 10.5 Å². The minimum atomic E-state index is -0.0126. The average Bonchev–Trinajstić information content (AvgIpc) is 3.36. The molecular weight excluding hydrogens is 372 g/mol. The SMILES string of the molecule is O=C1NCCN1c1ccc(CN2CCN(Cc3ccsc3)C(CCO)C2)cc1. The summed E-state index contributed by atoms with van der Waals surface area (Å²) in [5.74, 6) is 0. The van der Waals surface area contributed by atoms with Crippen molar-refractivity contribution < 1.29 is 9.90 Å². The normalized spacial score (nSPS) is 21.2. The summed E-state index contributed by atoms with van der Waals surface area (Å²) in [6.07, 6.45) is 0.809. The van der Waals surface area contributed by atoms with Crippen molar-refractivity contribution in [3.63, 3.8) is 0 Å². The Morgan fingerprint density at radius 1 is 1.07 bits per heavy atom. The predicted octanol–water partition coefficient (Wildman–Crippen LogP) is 2.35. The monoisotopic (exact) mass is 400 g/mol. The first-order chi connectivity index (χ1) is 13.7. The summed E-state index contributed by atoms with van der Waals surface area (Å²) in [4.78, 5) is 18.6. The maximum Gasteiger partial charge on any atom is 0.321 e. The summed E-state index contributed by atoms with van der Waals surface area (Å²) in [6.45, 7) is 6.56. The van der Waals surface area contributed by atoms with Crippen molar-refractivity contribution in [1.82, 2.24) is 15.1 Å². The summed E-state index contributed by atoms with van der Waals surface area (Å²) in [6, 6.07) is 10.9. The molecule has 4 rings (SSSR count). The number of nitrogens with one attached hydrogen (secondary N) is 1. The van der Waals surface area contributed by atoms with E-state index in [1.165, 1.54) is 11.1 Å². The lowest BCUT2D eigenvalue weighted by molar-refractivity contribution is 0.0500. The molecule has 1 aromatic heterocycles. The first kappa shape index (κ1) is 19.4. The molecule has 2 aliphatic heterocycles. The number of hydrogen-bond acceptors (Lipinski definition) is 5. The van der Waals surface area contributed by atoms with Gasteiger partial charge in [0.15, 0.2) is 0 Å². The van der Waals surface area contributed by atoms with Crippen LogP contribution in [0.3, 0.4) is 0 Å². The van der Waals surface area contributed by atoms with Gasteiger partial charge in [0.1, 0.15) is 0 Å². The van der Waals surface area contributed by atoms with Crippen molar-refractivity contribution >= 4 is 23.1 Å². The fourth-order valence-corrected chi connectivity index (χ4v) is 4.77. The highest BCUT2D eigenvalue weighted by Crippen LogP contribution is 2.21. The zero-order chi connectivity index (χ0) is 19.3. The van der Waals surface area contributed by atoms with E-state index in [-0.39, 0.29) is 12.6 Å². The molecule has 0 radical (unpaired) electrons. The fraction of sp³-hybridized carbons (Fsp3) is 0.476. The van der Waals surface area contributed by atoms with E-state index in [9.17, 15) is 9.90 Å². The molecule has 6 nitrogen and oxygen atoms in total. The van der Waals surface area contributed by atoms with Gasteiger partial charge in [0, 0.05) is 64.1 Å². The number of piperazine rings is 1. The maximum absolute atomic E-state index is 11.8. The van der Waals surface area contributed by atoms with Gasteiger partial charge in [-0.3, -0.25) is 14.7 Å². The molecule has 0 aliphatic carbocycles. The van der Waals surface area contributed by atoms with Crippen molar-refractivity contribution in [2.75, 3.05) is 44.2 Å². The number of aliphatic hydroxyl groups excluding tert-OH is 1. The Labute approximate surface area is 170 Å². The third-order valence-corrected chi connectivity index (χ3v) is 6.36. The predicted molar refractivity (Wildman–Crippen MR) is 113 cm³/mol. The van der Waals surface area contributed by atoms with E-state index in [4.69, 9.17) is 0 Å². The van der Waals surface area contributed by atoms with Crippen molar-refractivity contribution in [2.45, 2.75) is 25.6 Å². The molecule has 1 unspecified atom stereocenters. The van der Waals surface area contributed by atoms with Gasteiger partial charge in [0.2, 0.25) is 0 Å². The van der Waals surface area contributed by atoms with Crippen LogP contribution < -0.4 is 10.2 Å². The van der Waals surface area contributed by atoms with Gasteiger partial charge in [-0.1, -0.05) is 12.1 Å². The zero-order valence-electron chi connectivity index (χ0n) is 16.1. The Hall–Kier alpha value is -1.93. The molecule has 2 saturated heterocycles. The largest absolute Gasteiger partial charge is 0.396 e. The molecule has 3 heterocycles. The Balaban J connectivity index is 1.35. The fourth-order valence-electron chi connectivity index (χ4n) is 4.11. The molecule has 2 aliphatic rings. The lowest BCUT2D eigenvalue weighted by Gasteiger charge is -2.41. The number of anilines is 1. The molecule has 28 heavy (non-hydrogen) atoms. The second-order valence-corrected chi connectivity index (χ2v) is 8.33. The van der Waals surface area contributed by atoms with E-state index in [1.54, 1.807) is 16.2 Å². The van der Waals surface area contributed by atoms with E-state index < -0.39 is 0 Å². The van der Waals surface area contributed by atoms with Crippen LogP contribution in [-0.4, -0.2) is 66.3 Å². The molecule has 0 bridgehead atoms. The van der Waals surface area contributed by atoms with Crippen molar-refractivity contribution in [1.29, 1.82) is 0 Å². The molecule has 2 N–H and O–H groups in total.